The van der Waals surface area contributed by atoms with Gasteiger partial charge in [-0.3, -0.25) is 4.68 Å². The van der Waals surface area contributed by atoms with E-state index in [1.807, 2.05) is 6.92 Å². The fourth-order valence-corrected chi connectivity index (χ4v) is 3.92. The van der Waals surface area contributed by atoms with Gasteiger partial charge in [-0.25, -0.2) is 12.7 Å². The van der Waals surface area contributed by atoms with Crippen LogP contribution in [0.15, 0.2) is 0 Å². The number of aryl methyl sites for hydroxylation is 1. The third kappa shape index (κ3) is 2.91. The van der Waals surface area contributed by atoms with E-state index < -0.39 is 10.0 Å². The zero-order valence-electron chi connectivity index (χ0n) is 13.0. The molecular formula is C14H25N3O2S. The van der Waals surface area contributed by atoms with Gasteiger partial charge in [0.25, 0.3) is 0 Å². The molecule has 20 heavy (non-hydrogen) atoms. The summed E-state index contributed by atoms with van der Waals surface area (Å²) < 4.78 is 26.9. The average molecular weight is 299 g/mol. The van der Waals surface area contributed by atoms with Crippen LogP contribution in [0.5, 0.6) is 0 Å². The maximum Gasteiger partial charge on any atom is 0.211 e. The number of rotatable bonds is 3. The van der Waals surface area contributed by atoms with Gasteiger partial charge in [0.15, 0.2) is 0 Å². The van der Waals surface area contributed by atoms with Crippen molar-refractivity contribution in [1.29, 1.82) is 0 Å². The van der Waals surface area contributed by atoms with E-state index in [0.29, 0.717) is 25.0 Å². The van der Waals surface area contributed by atoms with Gasteiger partial charge in [0, 0.05) is 18.8 Å². The second-order valence-electron chi connectivity index (χ2n) is 6.09. The van der Waals surface area contributed by atoms with Crippen molar-refractivity contribution in [3.05, 3.63) is 17.0 Å². The summed E-state index contributed by atoms with van der Waals surface area (Å²) in [6.07, 6.45) is 2.97. The predicted octanol–water partition coefficient (Wildman–Crippen LogP) is 2.22. The molecule has 1 aromatic rings. The van der Waals surface area contributed by atoms with Crippen molar-refractivity contribution in [2.75, 3.05) is 19.3 Å². The third-order valence-electron chi connectivity index (χ3n) is 4.22. The highest BCUT2D eigenvalue weighted by atomic mass is 32.2. The number of aromatic nitrogens is 2. The smallest absolute Gasteiger partial charge is 0.211 e. The SMILES string of the molecule is Cc1nn(C2CCN(S(C)(=O)=O)CC2)c(C(C)C)c1C. The van der Waals surface area contributed by atoms with E-state index in [0.717, 1.165) is 18.5 Å². The van der Waals surface area contributed by atoms with E-state index in [1.165, 1.54) is 17.5 Å². The van der Waals surface area contributed by atoms with Crippen LogP contribution in [0.4, 0.5) is 0 Å². The lowest BCUT2D eigenvalue weighted by molar-refractivity contribution is 0.256. The third-order valence-corrected chi connectivity index (χ3v) is 5.52. The highest BCUT2D eigenvalue weighted by Crippen LogP contribution is 2.30. The molecule has 5 nitrogen and oxygen atoms in total. The average Bonchev–Trinajstić information content (AvgIpc) is 2.65. The monoisotopic (exact) mass is 299 g/mol. The summed E-state index contributed by atoms with van der Waals surface area (Å²) in [4.78, 5) is 0. The summed E-state index contributed by atoms with van der Waals surface area (Å²) in [6.45, 7) is 9.73. The van der Waals surface area contributed by atoms with Gasteiger partial charge in [-0.05, 0) is 38.2 Å². The first-order valence-electron chi connectivity index (χ1n) is 7.22. The molecule has 1 fully saturated rings. The van der Waals surface area contributed by atoms with Crippen molar-refractivity contribution in [2.45, 2.75) is 52.5 Å². The molecule has 0 N–H and O–H groups in total. The fourth-order valence-electron chi connectivity index (χ4n) is 3.04. The topological polar surface area (TPSA) is 55.2 Å². The van der Waals surface area contributed by atoms with Gasteiger partial charge >= 0.3 is 0 Å². The molecule has 2 heterocycles. The van der Waals surface area contributed by atoms with E-state index in [4.69, 9.17) is 5.10 Å². The summed E-state index contributed by atoms with van der Waals surface area (Å²) in [7, 11) is -3.06. The first kappa shape index (κ1) is 15.5. The Labute approximate surface area is 122 Å². The molecule has 0 aliphatic carbocycles. The maximum absolute atomic E-state index is 11.6. The van der Waals surface area contributed by atoms with Crippen molar-refractivity contribution in [2.24, 2.45) is 0 Å². The van der Waals surface area contributed by atoms with Crippen molar-refractivity contribution in [3.63, 3.8) is 0 Å². The molecule has 0 bridgehead atoms. The summed E-state index contributed by atoms with van der Waals surface area (Å²) in [6, 6.07) is 0.317. The molecule has 0 amide bonds. The lowest BCUT2D eigenvalue weighted by Gasteiger charge is -2.31. The Morgan fingerprint density at radius 3 is 2.20 bits per heavy atom. The minimum atomic E-state index is -3.06. The number of hydrogen-bond acceptors (Lipinski definition) is 3. The highest BCUT2D eigenvalue weighted by molar-refractivity contribution is 7.88. The van der Waals surface area contributed by atoms with Crippen LogP contribution in [-0.4, -0.2) is 41.8 Å². The van der Waals surface area contributed by atoms with Crippen molar-refractivity contribution >= 4 is 10.0 Å². The Hall–Kier alpha value is -0.880. The molecule has 0 spiro atoms. The molecule has 2 rings (SSSR count). The molecular weight excluding hydrogens is 274 g/mol. The quantitative estimate of drug-likeness (QED) is 0.860. The maximum atomic E-state index is 11.6. The van der Waals surface area contributed by atoms with Gasteiger partial charge in [-0.15, -0.1) is 0 Å². The van der Waals surface area contributed by atoms with Gasteiger partial charge in [-0.2, -0.15) is 5.10 Å². The fraction of sp³-hybridized carbons (Fsp3) is 0.786. The second-order valence-corrected chi connectivity index (χ2v) is 8.07. The van der Waals surface area contributed by atoms with Crippen LogP contribution in [0, 0.1) is 13.8 Å². The zero-order valence-corrected chi connectivity index (χ0v) is 13.9. The van der Waals surface area contributed by atoms with Crippen LogP contribution < -0.4 is 0 Å². The van der Waals surface area contributed by atoms with Crippen LogP contribution in [0.2, 0.25) is 0 Å². The Morgan fingerprint density at radius 2 is 1.75 bits per heavy atom. The molecule has 1 aromatic heterocycles. The Bertz CT molecular complexity index is 582. The molecule has 114 valence electrons. The van der Waals surface area contributed by atoms with Crippen molar-refractivity contribution in [3.8, 4) is 0 Å². The zero-order chi connectivity index (χ0) is 15.1. The van der Waals surface area contributed by atoms with Gasteiger partial charge in [0.1, 0.15) is 0 Å². The number of nitrogens with zero attached hydrogens (tertiary/aromatic N) is 3. The summed E-state index contributed by atoms with van der Waals surface area (Å²) in [5.41, 5.74) is 3.64. The standard InChI is InChI=1S/C14H25N3O2S/c1-10(2)14-11(3)12(4)15-17(14)13-6-8-16(9-7-13)20(5,18)19/h10,13H,6-9H2,1-5H3. The van der Waals surface area contributed by atoms with Gasteiger partial charge < -0.3 is 0 Å². The van der Waals surface area contributed by atoms with Crippen LogP contribution in [-0.2, 0) is 10.0 Å². The van der Waals surface area contributed by atoms with Gasteiger partial charge in [0.05, 0.1) is 18.0 Å². The molecule has 0 radical (unpaired) electrons. The lowest BCUT2D eigenvalue weighted by Crippen LogP contribution is -2.38. The molecule has 1 aliphatic heterocycles. The second kappa shape index (κ2) is 5.48. The minimum absolute atomic E-state index is 0.317. The van der Waals surface area contributed by atoms with Crippen LogP contribution >= 0.6 is 0 Å². The number of piperidine rings is 1. The Morgan fingerprint density at radius 1 is 1.20 bits per heavy atom. The molecule has 1 aliphatic rings. The Kier molecular flexibility index (Phi) is 4.25. The van der Waals surface area contributed by atoms with E-state index in [1.54, 1.807) is 4.31 Å². The largest absolute Gasteiger partial charge is 0.266 e. The molecule has 0 atom stereocenters. The van der Waals surface area contributed by atoms with E-state index >= 15 is 0 Å². The van der Waals surface area contributed by atoms with Gasteiger partial charge in [0.2, 0.25) is 10.0 Å². The van der Waals surface area contributed by atoms with Crippen molar-refractivity contribution < 1.29 is 8.42 Å². The molecule has 0 saturated carbocycles. The van der Waals surface area contributed by atoms with Gasteiger partial charge in [-0.1, -0.05) is 13.8 Å². The summed E-state index contributed by atoms with van der Waals surface area (Å²) >= 11 is 0. The lowest BCUT2D eigenvalue weighted by atomic mass is 10.0. The molecule has 6 heteroatoms. The normalized spacial score (nSPS) is 18.9. The van der Waals surface area contributed by atoms with E-state index in [9.17, 15) is 8.42 Å². The van der Waals surface area contributed by atoms with Crippen molar-refractivity contribution in [1.82, 2.24) is 14.1 Å². The minimum Gasteiger partial charge on any atom is -0.266 e. The summed E-state index contributed by atoms with van der Waals surface area (Å²) in [5.74, 6) is 0.434. The number of hydrogen-bond donors (Lipinski definition) is 0. The predicted molar refractivity (Wildman–Crippen MR) is 80.5 cm³/mol. The van der Waals surface area contributed by atoms with Crippen LogP contribution in [0.25, 0.3) is 0 Å². The number of sulfonamides is 1. The van der Waals surface area contributed by atoms with E-state index in [-0.39, 0.29) is 0 Å². The first-order valence-corrected chi connectivity index (χ1v) is 9.07. The Balaban J connectivity index is 2.21. The van der Waals surface area contributed by atoms with Crippen LogP contribution in [0.1, 0.15) is 55.6 Å². The highest BCUT2D eigenvalue weighted by Gasteiger charge is 2.28. The molecule has 0 aromatic carbocycles. The molecule has 1 saturated heterocycles. The molecule has 0 unspecified atom stereocenters. The van der Waals surface area contributed by atoms with Crippen LogP contribution in [0.3, 0.4) is 0 Å². The van der Waals surface area contributed by atoms with E-state index in [2.05, 4.69) is 25.5 Å². The summed E-state index contributed by atoms with van der Waals surface area (Å²) in [5, 5.41) is 4.69. The first-order chi connectivity index (χ1) is 9.21.